The number of aromatic nitrogens is 6. The third-order valence-corrected chi connectivity index (χ3v) is 9.28. The Balaban J connectivity index is 1.33. The quantitative estimate of drug-likeness (QED) is 0.0223. The number of rotatable bonds is 16. The van der Waals surface area contributed by atoms with Crippen LogP contribution in [0.1, 0.15) is 31.7 Å². The van der Waals surface area contributed by atoms with E-state index in [4.69, 9.17) is 46.0 Å². The maximum absolute atomic E-state index is 13.3. The molecule has 9 atom stereocenters. The van der Waals surface area contributed by atoms with E-state index in [-0.39, 0.29) is 48.6 Å². The molecule has 3 aromatic heterocycles. The van der Waals surface area contributed by atoms with Gasteiger partial charge >= 0.3 is 27.3 Å². The molecule has 0 spiro atoms. The number of aliphatic hydroxyl groups is 1. The molecule has 2 fully saturated rings. The molecule has 2 saturated heterocycles. The van der Waals surface area contributed by atoms with Gasteiger partial charge in [0.2, 0.25) is 0 Å². The lowest BCUT2D eigenvalue weighted by Crippen LogP contribution is -2.43. The summed E-state index contributed by atoms with van der Waals surface area (Å²) in [5.41, 5.74) is 25.2. The molecule has 0 aromatic carbocycles. The molecule has 10 N–H and O–H groups in total. The van der Waals surface area contributed by atoms with Gasteiger partial charge < -0.3 is 51.2 Å². The fraction of sp³-hybridized carbons (Fsp3) is 0.583. The summed E-state index contributed by atoms with van der Waals surface area (Å²) in [6.07, 6.45) is -6.58. The third-order valence-electron chi connectivity index (χ3n) is 7.78. The highest BCUT2D eigenvalue weighted by Gasteiger charge is 2.50. The predicted molar refractivity (Wildman–Crippen MR) is 171 cm³/mol. The number of hydrogen-bond acceptors (Lipinski definition) is 19. The summed E-state index contributed by atoms with van der Waals surface area (Å²) in [7, 11) is -10.2. The Kier molecular flexibility index (Phi) is 12.2. The number of fused-ring (bicyclic) bond motifs is 1. The first kappa shape index (κ1) is 39.1. The summed E-state index contributed by atoms with van der Waals surface area (Å²) in [6.45, 7) is -1.63. The number of carbonyl (C=O) groups is 1. The van der Waals surface area contributed by atoms with Crippen molar-refractivity contribution in [2.45, 2.75) is 68.3 Å². The number of aliphatic hydroxyl groups excluding tert-OH is 1. The Morgan fingerprint density at radius 3 is 2.60 bits per heavy atom. The van der Waals surface area contributed by atoms with Crippen LogP contribution in [-0.2, 0) is 41.7 Å². The molecule has 3 aromatic rings. The van der Waals surface area contributed by atoms with Crippen molar-refractivity contribution in [1.82, 2.24) is 29.1 Å². The van der Waals surface area contributed by atoms with Crippen LogP contribution in [0.3, 0.4) is 0 Å². The average Bonchev–Trinajstić information content (AvgIpc) is 3.76. The summed E-state index contributed by atoms with van der Waals surface area (Å²) < 4.78 is 59.0. The molecule has 28 heteroatoms. The van der Waals surface area contributed by atoms with E-state index < -0.39 is 89.5 Å². The molecule has 0 bridgehead atoms. The number of nitrogens with zero attached hydrogens (tertiary/aromatic N) is 9. The van der Waals surface area contributed by atoms with E-state index in [0.717, 1.165) is 10.9 Å². The van der Waals surface area contributed by atoms with Gasteiger partial charge in [-0.3, -0.25) is 27.5 Å². The number of phosphoric acid groups is 2. The highest BCUT2D eigenvalue weighted by Crippen LogP contribution is 2.50. The normalized spacial score (nSPS) is 26.5. The van der Waals surface area contributed by atoms with Gasteiger partial charge in [0.05, 0.1) is 19.5 Å². The van der Waals surface area contributed by atoms with Crippen LogP contribution in [0.15, 0.2) is 34.8 Å². The van der Waals surface area contributed by atoms with Crippen LogP contribution in [0.5, 0.6) is 0 Å². The lowest BCUT2D eigenvalue weighted by atomic mass is 10.1. The van der Waals surface area contributed by atoms with Crippen LogP contribution in [0.2, 0.25) is 0 Å². The molecule has 26 nitrogen and oxygen atoms in total. The maximum Gasteiger partial charge on any atom is 0.472 e. The van der Waals surface area contributed by atoms with Gasteiger partial charge in [-0.1, -0.05) is 5.11 Å². The summed E-state index contributed by atoms with van der Waals surface area (Å²) in [5, 5.41) is 14.7. The minimum Gasteiger partial charge on any atom is -0.455 e. The number of ether oxygens (including phenoxy) is 3. The largest absolute Gasteiger partial charge is 0.472 e. The SMILES string of the molecule is [N-]=[N+]=NCCCC(N)C(=O)O[C@H]1[C@@H](O)[C@H](n2cnc3c(N)ncnc32)O[C@H]1COP(=O)(O)O[C@H]1C[C@H](n2ccc(N)nc2=O)O[C@@H]1COP(=O)(O)O. The Labute approximate surface area is 291 Å². The van der Waals surface area contributed by atoms with E-state index in [1.807, 2.05) is 0 Å². The Morgan fingerprint density at radius 1 is 1.13 bits per heavy atom. The smallest absolute Gasteiger partial charge is 0.455 e. The van der Waals surface area contributed by atoms with Crippen molar-refractivity contribution < 1.29 is 61.5 Å². The zero-order chi connectivity index (χ0) is 37.8. The van der Waals surface area contributed by atoms with Gasteiger partial charge in [0, 0.05) is 24.1 Å². The number of carbonyl (C=O) groups excluding carboxylic acids is 1. The van der Waals surface area contributed by atoms with Gasteiger partial charge in [-0.25, -0.2) is 28.9 Å². The molecule has 0 saturated carbocycles. The number of hydrogen-bond donors (Lipinski definition) is 7. The number of nitrogen functional groups attached to an aromatic ring is 2. The second kappa shape index (κ2) is 16.3. The van der Waals surface area contributed by atoms with Crippen molar-refractivity contribution in [3.05, 3.63) is 45.8 Å². The lowest BCUT2D eigenvalue weighted by molar-refractivity contribution is -0.158. The van der Waals surface area contributed by atoms with E-state index >= 15 is 0 Å². The van der Waals surface area contributed by atoms with Gasteiger partial charge in [-0.15, -0.1) is 0 Å². The Morgan fingerprint density at radius 2 is 1.88 bits per heavy atom. The molecule has 2 aliphatic rings. The number of azide groups is 1. The number of anilines is 2. The van der Waals surface area contributed by atoms with Crippen molar-refractivity contribution in [2.24, 2.45) is 10.8 Å². The molecular formula is C24H34N12O14P2. The van der Waals surface area contributed by atoms with E-state index in [0.29, 0.717) is 0 Å². The molecule has 0 radical (unpaired) electrons. The van der Waals surface area contributed by atoms with Crippen molar-refractivity contribution >= 4 is 44.4 Å². The second-order valence-electron chi connectivity index (χ2n) is 11.3. The van der Waals surface area contributed by atoms with Gasteiger partial charge in [0.1, 0.15) is 54.3 Å². The van der Waals surface area contributed by atoms with Crippen molar-refractivity contribution in [1.29, 1.82) is 0 Å². The number of esters is 1. The van der Waals surface area contributed by atoms with Crippen molar-refractivity contribution in [3.8, 4) is 0 Å². The molecule has 5 rings (SSSR count). The minimum absolute atomic E-state index is 0.0179. The molecular weight excluding hydrogens is 742 g/mol. The number of imidazole rings is 1. The molecule has 5 heterocycles. The second-order valence-corrected chi connectivity index (χ2v) is 14.0. The minimum atomic E-state index is -5.16. The van der Waals surface area contributed by atoms with Crippen LogP contribution in [0.4, 0.5) is 11.6 Å². The van der Waals surface area contributed by atoms with Gasteiger partial charge in [-0.2, -0.15) is 4.98 Å². The molecule has 0 amide bonds. The fourth-order valence-electron chi connectivity index (χ4n) is 5.37. The topological polar surface area (TPSA) is 393 Å². The van der Waals surface area contributed by atoms with Gasteiger partial charge in [0.25, 0.3) is 0 Å². The summed E-state index contributed by atoms with van der Waals surface area (Å²) >= 11 is 0. The van der Waals surface area contributed by atoms with Gasteiger partial charge in [0.15, 0.2) is 23.8 Å². The van der Waals surface area contributed by atoms with Crippen LogP contribution < -0.4 is 22.9 Å². The number of phosphoric ester groups is 2. The van der Waals surface area contributed by atoms with E-state index in [9.17, 15) is 38.5 Å². The van der Waals surface area contributed by atoms with E-state index in [1.165, 1.54) is 23.2 Å². The number of nitrogens with two attached hydrogens (primary N) is 3. The summed E-state index contributed by atoms with van der Waals surface area (Å²) in [6, 6.07) is 0.0548. The maximum atomic E-state index is 13.3. The van der Waals surface area contributed by atoms with Crippen LogP contribution in [0, 0.1) is 0 Å². The zero-order valence-electron chi connectivity index (χ0n) is 26.7. The highest BCUT2D eigenvalue weighted by atomic mass is 31.2. The van der Waals surface area contributed by atoms with Crippen LogP contribution in [-0.4, -0.2) is 111 Å². The van der Waals surface area contributed by atoms with E-state index in [2.05, 4.69) is 34.5 Å². The average molecular weight is 777 g/mol. The van der Waals surface area contributed by atoms with Crippen molar-refractivity contribution in [2.75, 3.05) is 31.2 Å². The predicted octanol–water partition coefficient (Wildman–Crippen LogP) is -1.27. The summed E-state index contributed by atoms with van der Waals surface area (Å²) in [5.74, 6) is -1.07. The fourth-order valence-corrected chi connectivity index (χ4v) is 6.67. The molecule has 52 heavy (non-hydrogen) atoms. The highest BCUT2D eigenvalue weighted by molar-refractivity contribution is 7.47. The molecule has 2 aliphatic heterocycles. The summed E-state index contributed by atoms with van der Waals surface area (Å²) in [4.78, 5) is 72.8. The molecule has 284 valence electrons. The van der Waals surface area contributed by atoms with E-state index in [1.54, 1.807) is 0 Å². The zero-order valence-corrected chi connectivity index (χ0v) is 28.5. The van der Waals surface area contributed by atoms with Gasteiger partial charge in [-0.05, 0) is 24.4 Å². The standard InChI is InChI=1S/C24H34N12O14P2/c25-11(2-1-4-32-34-28)23(38)49-19-14(48-22(18(19)37)36-10-31-17-20(27)29-9-30-21(17)36)8-46-52(43,44)50-12-6-16(35-5-3-15(26)33-24(35)39)47-13(12)7-45-51(40,41)42/h3,5,9-14,16,18-19,22,37H,1-2,4,6-8,25H2,(H,43,44)(H2,26,33,39)(H2,27,29,30)(H2,40,41,42)/t11?,12-,13+,14-,16+,18+,19+,22+/m0/s1. The first-order chi connectivity index (χ1) is 24.6. The first-order valence-corrected chi connectivity index (χ1v) is 18.2. The Bertz CT molecular complexity index is 1960. The molecule has 0 aliphatic carbocycles. The lowest BCUT2D eigenvalue weighted by Gasteiger charge is -2.24. The third kappa shape index (κ3) is 9.45. The van der Waals surface area contributed by atoms with Crippen molar-refractivity contribution in [3.63, 3.8) is 0 Å². The molecule has 2 unspecified atom stereocenters. The Hall–Kier alpha value is -4.13. The van der Waals surface area contributed by atoms with Crippen LogP contribution in [0.25, 0.3) is 21.6 Å². The first-order valence-electron chi connectivity index (χ1n) is 15.2. The monoisotopic (exact) mass is 776 g/mol. The van der Waals surface area contributed by atoms with Crippen LogP contribution >= 0.6 is 15.6 Å².